The van der Waals surface area contributed by atoms with E-state index in [0.29, 0.717) is 11.7 Å². The number of nitrogens with zero attached hydrogens (tertiary/aromatic N) is 1. The van der Waals surface area contributed by atoms with Gasteiger partial charge in [0.2, 0.25) is 0 Å². The van der Waals surface area contributed by atoms with Crippen molar-refractivity contribution in [2.45, 2.75) is 31.6 Å². The van der Waals surface area contributed by atoms with Gasteiger partial charge in [-0.05, 0) is 80.7 Å². The Morgan fingerprint density at radius 2 is 1.70 bits per heavy atom. The van der Waals surface area contributed by atoms with Crippen molar-refractivity contribution in [3.05, 3.63) is 64.7 Å². The van der Waals surface area contributed by atoms with Crippen LogP contribution in [0.5, 0.6) is 5.75 Å². The van der Waals surface area contributed by atoms with E-state index in [4.69, 9.17) is 0 Å². The van der Waals surface area contributed by atoms with E-state index in [1.165, 1.54) is 28.7 Å². The summed E-state index contributed by atoms with van der Waals surface area (Å²) in [7, 11) is 4.26. The summed E-state index contributed by atoms with van der Waals surface area (Å²) in [6, 6.07) is 14.8. The van der Waals surface area contributed by atoms with Gasteiger partial charge < -0.3 is 10.0 Å². The predicted molar refractivity (Wildman–Crippen MR) is 102 cm³/mol. The number of aryl methyl sites for hydroxylation is 2. The van der Waals surface area contributed by atoms with Gasteiger partial charge in [0, 0.05) is 5.92 Å². The van der Waals surface area contributed by atoms with Crippen LogP contribution in [0, 0.1) is 0 Å². The molecule has 0 saturated heterocycles. The van der Waals surface area contributed by atoms with E-state index in [1.54, 1.807) is 0 Å². The van der Waals surface area contributed by atoms with Crippen molar-refractivity contribution < 1.29 is 5.11 Å². The molecule has 3 heteroatoms. The van der Waals surface area contributed by atoms with E-state index in [0.717, 1.165) is 25.8 Å². The molecule has 0 aliphatic heterocycles. The van der Waals surface area contributed by atoms with Gasteiger partial charge in [0.05, 0.1) is 0 Å². The van der Waals surface area contributed by atoms with Crippen LogP contribution in [0.1, 0.15) is 41.0 Å². The van der Waals surface area contributed by atoms with Gasteiger partial charge in [0.1, 0.15) is 5.75 Å². The fourth-order valence-electron chi connectivity index (χ4n) is 3.61. The van der Waals surface area contributed by atoms with Gasteiger partial charge in [-0.3, -0.25) is 0 Å². The number of benzene rings is 2. The second-order valence-electron chi connectivity index (χ2n) is 6.58. The van der Waals surface area contributed by atoms with Crippen LogP contribution in [0.3, 0.4) is 0 Å². The van der Waals surface area contributed by atoms with Crippen LogP contribution in [0.4, 0.5) is 0 Å². The number of phenols is 1. The zero-order chi connectivity index (χ0) is 15.5. The highest BCUT2D eigenvalue weighted by atomic mass is 79.9. The first-order chi connectivity index (χ1) is 10.6. The van der Waals surface area contributed by atoms with Gasteiger partial charge >= 0.3 is 0 Å². The van der Waals surface area contributed by atoms with E-state index in [9.17, 15) is 5.11 Å². The molecule has 0 saturated carbocycles. The summed E-state index contributed by atoms with van der Waals surface area (Å²) in [6.45, 7) is 1.12. The van der Waals surface area contributed by atoms with Crippen molar-refractivity contribution in [1.82, 2.24) is 4.90 Å². The van der Waals surface area contributed by atoms with Crippen LogP contribution in [-0.2, 0) is 12.8 Å². The molecule has 124 valence electrons. The Morgan fingerprint density at radius 3 is 2.48 bits per heavy atom. The molecular weight excluding hydrogens is 350 g/mol. The number of rotatable bonds is 4. The van der Waals surface area contributed by atoms with E-state index < -0.39 is 0 Å². The quantitative estimate of drug-likeness (QED) is 0.847. The van der Waals surface area contributed by atoms with Gasteiger partial charge in [-0.25, -0.2) is 0 Å². The molecule has 1 N–H and O–H groups in total. The van der Waals surface area contributed by atoms with Crippen molar-refractivity contribution in [3.63, 3.8) is 0 Å². The fourth-order valence-corrected chi connectivity index (χ4v) is 3.61. The summed E-state index contributed by atoms with van der Waals surface area (Å²) >= 11 is 0. The summed E-state index contributed by atoms with van der Waals surface area (Å²) in [5, 5.41) is 9.83. The summed E-state index contributed by atoms with van der Waals surface area (Å²) in [6.07, 6.45) is 4.43. The number of aromatic hydroxyl groups is 1. The molecule has 2 aromatic rings. The Kier molecular flexibility index (Phi) is 6.25. The third-order valence-corrected chi connectivity index (χ3v) is 4.69. The minimum atomic E-state index is 0. The molecule has 2 aromatic carbocycles. The maximum Gasteiger partial charge on any atom is 0.115 e. The van der Waals surface area contributed by atoms with Gasteiger partial charge in [0.25, 0.3) is 0 Å². The lowest BCUT2D eigenvalue weighted by atomic mass is 9.84. The molecule has 0 spiro atoms. The molecule has 2 nitrogen and oxygen atoms in total. The van der Waals surface area contributed by atoms with Crippen LogP contribution in [0.15, 0.2) is 42.5 Å². The summed E-state index contributed by atoms with van der Waals surface area (Å²) in [5.41, 5.74) is 5.66. The monoisotopic (exact) mass is 375 g/mol. The first-order valence-corrected chi connectivity index (χ1v) is 8.19. The maximum absolute atomic E-state index is 9.83. The average molecular weight is 376 g/mol. The Bertz CT molecular complexity index is 654. The van der Waals surface area contributed by atoms with Crippen LogP contribution in [0.25, 0.3) is 0 Å². The molecule has 1 atom stereocenters. The Balaban J connectivity index is 0.00000192. The summed E-state index contributed by atoms with van der Waals surface area (Å²) < 4.78 is 0. The van der Waals surface area contributed by atoms with Crippen molar-refractivity contribution in [2.75, 3.05) is 20.6 Å². The van der Waals surface area contributed by atoms with Crippen molar-refractivity contribution in [1.29, 1.82) is 0 Å². The van der Waals surface area contributed by atoms with Crippen LogP contribution in [0.2, 0.25) is 0 Å². The molecule has 3 rings (SSSR count). The maximum atomic E-state index is 9.83. The molecule has 0 fully saturated rings. The molecule has 1 aliphatic carbocycles. The van der Waals surface area contributed by atoms with Gasteiger partial charge in [-0.1, -0.05) is 30.3 Å². The number of phenolic OH excluding ortho intramolecular Hbond substituents is 1. The third-order valence-electron chi connectivity index (χ3n) is 4.69. The topological polar surface area (TPSA) is 23.5 Å². The highest BCUT2D eigenvalue weighted by Crippen LogP contribution is 2.38. The highest BCUT2D eigenvalue weighted by molar-refractivity contribution is 8.93. The first-order valence-electron chi connectivity index (χ1n) is 8.19. The van der Waals surface area contributed by atoms with Crippen LogP contribution < -0.4 is 0 Å². The largest absolute Gasteiger partial charge is 0.508 e. The lowest BCUT2D eigenvalue weighted by Gasteiger charge is -2.21. The second kappa shape index (κ2) is 7.98. The smallest absolute Gasteiger partial charge is 0.115 e. The standard InChI is InChI=1S/C20H25NO.BrH/c1-21(2)13-5-8-20-18-7-4-3-6-15(18)9-10-16-14-17(22)11-12-19(16)20;/h3-4,6-7,11-12,14,20,22H,5,8-10,13H2,1-2H3;1H. The SMILES string of the molecule is Br.CN(C)CCCC1c2ccccc2CCc2cc(O)ccc21. The predicted octanol–water partition coefficient (Wildman–Crippen LogP) is 4.54. The summed E-state index contributed by atoms with van der Waals surface area (Å²) in [5.74, 6) is 0.839. The molecule has 0 aromatic heterocycles. The van der Waals surface area contributed by atoms with E-state index in [-0.39, 0.29) is 17.0 Å². The third kappa shape index (κ3) is 4.15. The normalized spacial score (nSPS) is 16.2. The lowest BCUT2D eigenvalue weighted by Crippen LogP contribution is -2.14. The van der Waals surface area contributed by atoms with E-state index in [2.05, 4.69) is 49.3 Å². The van der Waals surface area contributed by atoms with Crippen molar-refractivity contribution in [2.24, 2.45) is 0 Å². The lowest BCUT2D eigenvalue weighted by molar-refractivity contribution is 0.389. The summed E-state index contributed by atoms with van der Waals surface area (Å²) in [4.78, 5) is 2.25. The molecule has 1 aliphatic rings. The zero-order valence-corrected chi connectivity index (χ0v) is 15.7. The number of hydrogen-bond donors (Lipinski definition) is 1. The molecule has 23 heavy (non-hydrogen) atoms. The average Bonchev–Trinajstić information content (AvgIpc) is 2.64. The Morgan fingerprint density at radius 1 is 1.00 bits per heavy atom. The van der Waals surface area contributed by atoms with Crippen LogP contribution in [-0.4, -0.2) is 30.6 Å². The molecule has 0 bridgehead atoms. The number of fused-ring (bicyclic) bond motifs is 2. The number of hydrogen-bond acceptors (Lipinski definition) is 2. The highest BCUT2D eigenvalue weighted by Gasteiger charge is 2.23. The fraction of sp³-hybridized carbons (Fsp3) is 0.400. The van der Waals surface area contributed by atoms with E-state index in [1.807, 2.05) is 12.1 Å². The molecule has 0 radical (unpaired) electrons. The Hall–Kier alpha value is -1.32. The first kappa shape index (κ1) is 18.0. The van der Waals surface area contributed by atoms with Crippen molar-refractivity contribution in [3.8, 4) is 5.75 Å². The van der Waals surface area contributed by atoms with Crippen LogP contribution >= 0.6 is 17.0 Å². The minimum absolute atomic E-state index is 0. The van der Waals surface area contributed by atoms with Gasteiger partial charge in [-0.15, -0.1) is 17.0 Å². The van der Waals surface area contributed by atoms with E-state index >= 15 is 0 Å². The molecule has 0 amide bonds. The molecular formula is C20H26BrNO. The molecule has 1 unspecified atom stereocenters. The van der Waals surface area contributed by atoms with Gasteiger partial charge in [0.15, 0.2) is 0 Å². The Labute approximate surface area is 149 Å². The van der Waals surface area contributed by atoms with Crippen molar-refractivity contribution >= 4 is 17.0 Å². The molecule has 0 heterocycles. The zero-order valence-electron chi connectivity index (χ0n) is 14.0. The number of halogens is 1. The minimum Gasteiger partial charge on any atom is -0.508 e. The second-order valence-corrected chi connectivity index (χ2v) is 6.58. The van der Waals surface area contributed by atoms with Gasteiger partial charge in [-0.2, -0.15) is 0 Å².